The van der Waals surface area contributed by atoms with Crippen LogP contribution in [0.5, 0.6) is 5.75 Å². The molecule has 7 heteroatoms. The average molecular weight is 438 g/mol. The highest BCUT2D eigenvalue weighted by Gasteiger charge is 2.29. The Morgan fingerprint density at radius 3 is 2.35 bits per heavy atom. The average Bonchev–Trinajstić information content (AvgIpc) is 3.40. The van der Waals surface area contributed by atoms with E-state index in [1.807, 2.05) is 13.0 Å². The van der Waals surface area contributed by atoms with Crippen LogP contribution in [0.4, 0.5) is 11.4 Å². The molecule has 1 aliphatic rings. The molecule has 2 N–H and O–H groups in total. The zero-order valence-corrected chi connectivity index (χ0v) is 16.5. The number of amides is 2. The van der Waals surface area contributed by atoms with Crippen LogP contribution in [0.3, 0.4) is 0 Å². The van der Waals surface area contributed by atoms with E-state index in [-0.39, 0.29) is 24.3 Å². The lowest BCUT2D eigenvalue weighted by Crippen LogP contribution is -2.20. The largest absolute Gasteiger partial charge is 0.482 e. The molecule has 2 amide bonds. The van der Waals surface area contributed by atoms with Crippen molar-refractivity contribution < 1.29 is 14.3 Å². The summed E-state index contributed by atoms with van der Waals surface area (Å²) in [6.07, 6.45) is 1.92. The van der Waals surface area contributed by atoms with Gasteiger partial charge in [-0.2, -0.15) is 0 Å². The number of halogens is 2. The van der Waals surface area contributed by atoms with Gasteiger partial charge in [-0.25, -0.2) is 0 Å². The zero-order chi connectivity index (χ0) is 18.7. The normalized spacial score (nSPS) is 13.2. The maximum atomic E-state index is 12.1. The summed E-state index contributed by atoms with van der Waals surface area (Å²) in [6, 6.07) is 10.6. The smallest absolute Gasteiger partial charge is 0.262 e. The lowest BCUT2D eigenvalue weighted by atomic mass is 10.2. The maximum absolute atomic E-state index is 12.1. The van der Waals surface area contributed by atoms with Gasteiger partial charge in [0.25, 0.3) is 5.91 Å². The molecule has 0 unspecified atom stereocenters. The van der Waals surface area contributed by atoms with Crippen molar-refractivity contribution in [2.75, 3.05) is 17.2 Å². The first kappa shape index (κ1) is 18.7. The number of benzene rings is 2. The minimum atomic E-state index is -0.293. The lowest BCUT2D eigenvalue weighted by molar-refractivity contribution is -0.118. The SMILES string of the molecule is Cc1cc(Br)cc(Cl)c1OCC(=O)Nc1ccc(NC(=O)C2CC2)cc1. The lowest BCUT2D eigenvalue weighted by Gasteiger charge is -2.12. The molecular formula is C19H18BrClN2O3. The van der Waals surface area contributed by atoms with E-state index in [2.05, 4.69) is 26.6 Å². The van der Waals surface area contributed by atoms with Crippen LogP contribution < -0.4 is 15.4 Å². The maximum Gasteiger partial charge on any atom is 0.262 e. The molecule has 5 nitrogen and oxygen atoms in total. The highest BCUT2D eigenvalue weighted by molar-refractivity contribution is 9.10. The van der Waals surface area contributed by atoms with E-state index in [9.17, 15) is 9.59 Å². The third kappa shape index (κ3) is 4.99. The van der Waals surface area contributed by atoms with Gasteiger partial charge in [0.1, 0.15) is 5.75 Å². The molecule has 0 radical (unpaired) electrons. The molecule has 0 saturated heterocycles. The minimum absolute atomic E-state index is 0.0527. The highest BCUT2D eigenvalue weighted by atomic mass is 79.9. The molecule has 0 bridgehead atoms. The third-order valence-electron chi connectivity index (χ3n) is 3.93. The van der Waals surface area contributed by atoms with Crippen molar-refractivity contribution in [2.24, 2.45) is 5.92 Å². The van der Waals surface area contributed by atoms with Crippen LogP contribution in [0.25, 0.3) is 0 Å². The van der Waals surface area contributed by atoms with Crippen LogP contribution in [0.2, 0.25) is 5.02 Å². The monoisotopic (exact) mass is 436 g/mol. The van der Waals surface area contributed by atoms with E-state index in [0.29, 0.717) is 22.1 Å². The molecule has 0 aromatic heterocycles. The molecule has 0 atom stereocenters. The minimum Gasteiger partial charge on any atom is -0.482 e. The quantitative estimate of drug-likeness (QED) is 0.683. The second-order valence-corrected chi connectivity index (χ2v) is 7.53. The van der Waals surface area contributed by atoms with Gasteiger partial charge in [0, 0.05) is 21.8 Å². The molecule has 1 fully saturated rings. The van der Waals surface area contributed by atoms with E-state index in [1.165, 1.54) is 0 Å². The zero-order valence-electron chi connectivity index (χ0n) is 14.1. The summed E-state index contributed by atoms with van der Waals surface area (Å²) in [5.74, 6) is 0.402. The first-order valence-corrected chi connectivity index (χ1v) is 9.38. The Bertz CT molecular complexity index is 812. The summed E-state index contributed by atoms with van der Waals surface area (Å²) >= 11 is 9.50. The fourth-order valence-electron chi connectivity index (χ4n) is 2.43. The number of rotatable bonds is 6. The number of ether oxygens (including phenoxy) is 1. The fourth-order valence-corrected chi connectivity index (χ4v) is 3.46. The highest BCUT2D eigenvalue weighted by Crippen LogP contribution is 2.32. The summed E-state index contributed by atoms with van der Waals surface area (Å²) in [7, 11) is 0. The van der Waals surface area contributed by atoms with Gasteiger partial charge < -0.3 is 15.4 Å². The van der Waals surface area contributed by atoms with Crippen LogP contribution in [0, 0.1) is 12.8 Å². The first-order valence-electron chi connectivity index (χ1n) is 8.21. The Hall–Kier alpha value is -2.05. The number of carbonyl (C=O) groups excluding carboxylic acids is 2. The molecule has 1 aliphatic carbocycles. The van der Waals surface area contributed by atoms with Crippen LogP contribution in [0.15, 0.2) is 40.9 Å². The fraction of sp³-hybridized carbons (Fsp3) is 0.263. The van der Waals surface area contributed by atoms with Gasteiger partial charge in [-0.05, 0) is 61.7 Å². The molecule has 26 heavy (non-hydrogen) atoms. The molecule has 3 rings (SSSR count). The van der Waals surface area contributed by atoms with E-state index in [1.54, 1.807) is 30.3 Å². The number of aryl methyl sites for hydroxylation is 1. The van der Waals surface area contributed by atoms with Gasteiger partial charge in [0.05, 0.1) is 5.02 Å². The molecule has 2 aromatic carbocycles. The van der Waals surface area contributed by atoms with Gasteiger partial charge in [0.15, 0.2) is 6.61 Å². The van der Waals surface area contributed by atoms with Gasteiger partial charge in [0.2, 0.25) is 5.91 Å². The van der Waals surface area contributed by atoms with Crippen LogP contribution in [-0.4, -0.2) is 18.4 Å². The summed E-state index contributed by atoms with van der Waals surface area (Å²) in [4.78, 5) is 23.8. The van der Waals surface area contributed by atoms with Crippen LogP contribution in [0.1, 0.15) is 18.4 Å². The van der Waals surface area contributed by atoms with Gasteiger partial charge in [-0.1, -0.05) is 27.5 Å². The standard InChI is InChI=1S/C19H18BrClN2O3/c1-11-8-13(20)9-16(21)18(11)26-10-17(24)22-14-4-6-15(7-5-14)23-19(25)12-2-3-12/h4-9,12H,2-3,10H2,1H3,(H,22,24)(H,23,25). The van der Waals surface area contributed by atoms with Crippen molar-refractivity contribution in [2.45, 2.75) is 19.8 Å². The summed E-state index contributed by atoms with van der Waals surface area (Å²) in [5.41, 5.74) is 2.18. The molecule has 0 aliphatic heterocycles. The van der Waals surface area contributed by atoms with E-state index >= 15 is 0 Å². The van der Waals surface area contributed by atoms with E-state index in [0.717, 1.165) is 22.9 Å². The van der Waals surface area contributed by atoms with Gasteiger partial charge >= 0.3 is 0 Å². The van der Waals surface area contributed by atoms with Crippen molar-refractivity contribution >= 4 is 50.7 Å². The third-order valence-corrected chi connectivity index (χ3v) is 4.66. The summed E-state index contributed by atoms with van der Waals surface area (Å²) in [6.45, 7) is 1.71. The van der Waals surface area contributed by atoms with Crippen molar-refractivity contribution in [3.05, 3.63) is 51.5 Å². The Morgan fingerprint density at radius 1 is 1.15 bits per heavy atom. The molecule has 0 spiro atoms. The predicted molar refractivity (Wildman–Crippen MR) is 106 cm³/mol. The Kier molecular flexibility index (Phi) is 5.84. The first-order chi connectivity index (χ1) is 12.4. The van der Waals surface area contributed by atoms with Gasteiger partial charge in [-0.3, -0.25) is 9.59 Å². The second kappa shape index (κ2) is 8.10. The number of hydrogen-bond acceptors (Lipinski definition) is 3. The summed E-state index contributed by atoms with van der Waals surface area (Å²) < 4.78 is 6.40. The van der Waals surface area contributed by atoms with E-state index in [4.69, 9.17) is 16.3 Å². The Labute approximate surface area is 165 Å². The number of nitrogens with one attached hydrogen (secondary N) is 2. The number of carbonyl (C=O) groups is 2. The number of anilines is 2. The molecule has 136 valence electrons. The van der Waals surface area contributed by atoms with E-state index < -0.39 is 0 Å². The van der Waals surface area contributed by atoms with Crippen molar-refractivity contribution in [1.29, 1.82) is 0 Å². The van der Waals surface area contributed by atoms with Crippen LogP contribution >= 0.6 is 27.5 Å². The van der Waals surface area contributed by atoms with Crippen LogP contribution in [-0.2, 0) is 9.59 Å². The van der Waals surface area contributed by atoms with Crippen molar-refractivity contribution in [3.63, 3.8) is 0 Å². The molecule has 1 saturated carbocycles. The Balaban J connectivity index is 1.52. The molecule has 2 aromatic rings. The molecular weight excluding hydrogens is 420 g/mol. The molecule has 0 heterocycles. The number of hydrogen-bond donors (Lipinski definition) is 2. The van der Waals surface area contributed by atoms with Gasteiger partial charge in [-0.15, -0.1) is 0 Å². The summed E-state index contributed by atoms with van der Waals surface area (Å²) in [5, 5.41) is 6.05. The van der Waals surface area contributed by atoms with Crippen molar-refractivity contribution in [1.82, 2.24) is 0 Å². The van der Waals surface area contributed by atoms with Crippen molar-refractivity contribution in [3.8, 4) is 5.75 Å². The Morgan fingerprint density at radius 2 is 1.77 bits per heavy atom. The topological polar surface area (TPSA) is 67.4 Å². The second-order valence-electron chi connectivity index (χ2n) is 6.21. The predicted octanol–water partition coefficient (Wildman–Crippen LogP) is 4.78.